The van der Waals surface area contributed by atoms with E-state index in [-0.39, 0.29) is 11.0 Å². The maximum absolute atomic E-state index is 11.3. The molecule has 2 aliphatic carbocycles. The summed E-state index contributed by atoms with van der Waals surface area (Å²) in [7, 11) is -1.71. The highest BCUT2D eigenvalue weighted by atomic mass is 28.4. The lowest BCUT2D eigenvalue weighted by Gasteiger charge is -2.49. The van der Waals surface area contributed by atoms with Gasteiger partial charge in [-0.3, -0.25) is 0 Å². The number of hydrogen-bond donors (Lipinski definition) is 0. The van der Waals surface area contributed by atoms with Crippen LogP contribution < -0.4 is 0 Å². The van der Waals surface area contributed by atoms with Gasteiger partial charge in [-0.15, -0.1) is 0 Å². The van der Waals surface area contributed by atoms with Gasteiger partial charge in [0.05, 0.1) is 0 Å². The van der Waals surface area contributed by atoms with Crippen LogP contribution in [-0.2, 0) is 9.22 Å². The molecule has 0 spiro atoms. The number of carbonyl (C=O) groups excluding carboxylic acids is 1. The third kappa shape index (κ3) is 3.08. The monoisotopic (exact) mass is 324 g/mol. The van der Waals surface area contributed by atoms with E-state index in [4.69, 9.17) is 4.43 Å². The van der Waals surface area contributed by atoms with Crippen LogP contribution in [0.5, 0.6) is 0 Å². The summed E-state index contributed by atoms with van der Waals surface area (Å²) < 4.78 is 6.83. The van der Waals surface area contributed by atoms with Crippen LogP contribution in [0.15, 0.2) is 0 Å². The summed E-state index contributed by atoms with van der Waals surface area (Å²) in [4.78, 5) is 11.3. The van der Waals surface area contributed by atoms with E-state index in [2.05, 4.69) is 47.7 Å². The Bertz CT molecular complexity index is 412. The molecule has 0 radical (unpaired) electrons. The fourth-order valence-electron chi connectivity index (χ4n) is 4.81. The molecule has 2 unspecified atom stereocenters. The second-order valence-electron chi connectivity index (χ2n) is 9.60. The van der Waals surface area contributed by atoms with Gasteiger partial charge in [0.1, 0.15) is 6.29 Å². The Morgan fingerprint density at radius 1 is 1.23 bits per heavy atom. The molecule has 2 fully saturated rings. The molecule has 0 saturated heterocycles. The fourth-order valence-corrected chi connectivity index (χ4v) is 6.21. The Morgan fingerprint density at radius 2 is 1.86 bits per heavy atom. The van der Waals surface area contributed by atoms with Crippen LogP contribution in [0.25, 0.3) is 0 Å². The van der Waals surface area contributed by atoms with E-state index >= 15 is 0 Å². The van der Waals surface area contributed by atoms with Crippen molar-refractivity contribution < 1.29 is 9.22 Å². The summed E-state index contributed by atoms with van der Waals surface area (Å²) in [5, 5.41) is 0.273. The molecule has 0 aromatic heterocycles. The van der Waals surface area contributed by atoms with Gasteiger partial charge < -0.3 is 9.22 Å². The van der Waals surface area contributed by atoms with E-state index in [0.29, 0.717) is 23.4 Å². The average Bonchev–Trinajstić information content (AvgIpc) is 2.74. The second kappa shape index (κ2) is 6.05. The van der Waals surface area contributed by atoms with Gasteiger partial charge in [0, 0.05) is 12.0 Å². The molecular weight excluding hydrogens is 288 g/mol. The molecular formula is C19H36O2Si. The normalized spacial score (nSPS) is 37.7. The first-order valence-corrected chi connectivity index (χ1v) is 12.1. The van der Waals surface area contributed by atoms with Crippen molar-refractivity contribution in [3.05, 3.63) is 0 Å². The number of aldehydes is 1. The molecule has 128 valence electrons. The molecule has 0 N–H and O–H groups in total. The van der Waals surface area contributed by atoms with Gasteiger partial charge >= 0.3 is 0 Å². The molecule has 22 heavy (non-hydrogen) atoms. The molecule has 2 saturated carbocycles. The second-order valence-corrected chi connectivity index (χ2v) is 14.4. The van der Waals surface area contributed by atoms with E-state index < -0.39 is 8.32 Å². The Kier molecular flexibility index (Phi) is 5.00. The molecule has 2 rings (SSSR count). The molecule has 2 nitrogen and oxygen atoms in total. The van der Waals surface area contributed by atoms with Gasteiger partial charge in [-0.2, -0.15) is 0 Å². The minimum absolute atomic E-state index is 0.196. The minimum atomic E-state index is -1.71. The topological polar surface area (TPSA) is 26.3 Å². The standard InChI is InChI=1S/C19H36O2Si/c1-14(13-20)15-10-11-16-17(9-8-12-19(15,16)5)21-22(6,7)18(2,3)4/h13-17H,8-12H2,1-7H3/t14-,15?,16?,17+,19-/m1/s1. The number of fused-ring (bicyclic) bond motifs is 1. The highest BCUT2D eigenvalue weighted by Crippen LogP contribution is 2.58. The average molecular weight is 325 g/mol. The quantitative estimate of drug-likeness (QED) is 0.509. The number of rotatable bonds is 4. The maximum Gasteiger partial charge on any atom is 0.192 e. The molecule has 0 aromatic rings. The van der Waals surface area contributed by atoms with Crippen molar-refractivity contribution in [3.8, 4) is 0 Å². The zero-order valence-corrected chi connectivity index (χ0v) is 16.7. The first kappa shape index (κ1) is 18.2. The van der Waals surface area contributed by atoms with E-state index in [1.807, 2.05) is 0 Å². The van der Waals surface area contributed by atoms with Crippen molar-refractivity contribution in [3.63, 3.8) is 0 Å². The third-order valence-electron chi connectivity index (χ3n) is 7.24. The Morgan fingerprint density at radius 3 is 2.41 bits per heavy atom. The van der Waals surface area contributed by atoms with Crippen LogP contribution in [0.3, 0.4) is 0 Å². The summed E-state index contributed by atoms with van der Waals surface area (Å²) in [6.45, 7) is 16.3. The van der Waals surface area contributed by atoms with Gasteiger partial charge in [0.25, 0.3) is 0 Å². The van der Waals surface area contributed by atoms with Crippen LogP contribution in [0.2, 0.25) is 18.1 Å². The lowest BCUT2D eigenvalue weighted by molar-refractivity contribution is -0.114. The van der Waals surface area contributed by atoms with Crippen molar-refractivity contribution in [2.75, 3.05) is 0 Å². The molecule has 0 amide bonds. The Balaban J connectivity index is 2.18. The molecule has 3 heteroatoms. The largest absolute Gasteiger partial charge is 0.414 e. The molecule has 0 bridgehead atoms. The van der Waals surface area contributed by atoms with E-state index in [1.165, 1.54) is 38.4 Å². The highest BCUT2D eigenvalue weighted by molar-refractivity contribution is 6.74. The minimum Gasteiger partial charge on any atom is -0.414 e. The SMILES string of the molecule is C[C@H](C=O)C1CCC2[C@@H](O[Si](C)(C)C(C)(C)C)CCC[C@]12C. The first-order valence-electron chi connectivity index (χ1n) is 9.16. The van der Waals surface area contributed by atoms with Crippen molar-refractivity contribution in [1.29, 1.82) is 0 Å². The molecule has 0 heterocycles. The zero-order chi connectivity index (χ0) is 16.8. The van der Waals surface area contributed by atoms with Crippen LogP contribution in [0.1, 0.15) is 66.7 Å². The van der Waals surface area contributed by atoms with Gasteiger partial charge in [-0.05, 0) is 61.1 Å². The summed E-state index contributed by atoms with van der Waals surface area (Å²) in [6.07, 6.45) is 7.80. The lowest BCUT2D eigenvalue weighted by Crippen LogP contribution is -2.50. The van der Waals surface area contributed by atoms with E-state index in [1.54, 1.807) is 0 Å². The molecule has 2 aliphatic rings. The van der Waals surface area contributed by atoms with Crippen LogP contribution >= 0.6 is 0 Å². The van der Waals surface area contributed by atoms with Crippen LogP contribution in [0, 0.1) is 23.2 Å². The van der Waals surface area contributed by atoms with Crippen LogP contribution in [0.4, 0.5) is 0 Å². The van der Waals surface area contributed by atoms with Gasteiger partial charge in [-0.1, -0.05) is 41.0 Å². The van der Waals surface area contributed by atoms with Gasteiger partial charge in [-0.25, -0.2) is 0 Å². The maximum atomic E-state index is 11.3. The van der Waals surface area contributed by atoms with Gasteiger partial charge in [0.2, 0.25) is 0 Å². The number of carbonyl (C=O) groups is 1. The molecule has 0 aliphatic heterocycles. The van der Waals surface area contributed by atoms with Gasteiger partial charge in [0.15, 0.2) is 8.32 Å². The smallest absolute Gasteiger partial charge is 0.192 e. The predicted molar refractivity (Wildman–Crippen MR) is 95.5 cm³/mol. The fraction of sp³-hybridized carbons (Fsp3) is 0.947. The Labute approximate surface area is 138 Å². The van der Waals surface area contributed by atoms with E-state index in [0.717, 1.165) is 0 Å². The lowest BCUT2D eigenvalue weighted by atomic mass is 9.62. The summed E-state index contributed by atoms with van der Waals surface area (Å²) in [6, 6.07) is 0. The zero-order valence-electron chi connectivity index (χ0n) is 15.7. The number of hydrogen-bond acceptors (Lipinski definition) is 2. The summed E-state index contributed by atoms with van der Waals surface area (Å²) in [5.41, 5.74) is 0.311. The highest BCUT2D eigenvalue weighted by Gasteiger charge is 2.54. The van der Waals surface area contributed by atoms with Crippen molar-refractivity contribution in [1.82, 2.24) is 0 Å². The Hall–Kier alpha value is -0.153. The van der Waals surface area contributed by atoms with Crippen LogP contribution in [-0.4, -0.2) is 20.7 Å². The molecule has 0 aromatic carbocycles. The van der Waals surface area contributed by atoms with Crippen molar-refractivity contribution >= 4 is 14.6 Å². The first-order chi connectivity index (χ1) is 10.0. The third-order valence-corrected chi connectivity index (χ3v) is 11.7. The summed E-state index contributed by atoms with van der Waals surface area (Å²) >= 11 is 0. The van der Waals surface area contributed by atoms with E-state index in [9.17, 15) is 4.79 Å². The van der Waals surface area contributed by atoms with Crippen molar-refractivity contribution in [2.45, 2.75) is 91.0 Å². The summed E-state index contributed by atoms with van der Waals surface area (Å²) in [5.74, 6) is 1.41. The predicted octanol–water partition coefficient (Wildman–Crippen LogP) is 5.43. The molecule has 5 atom stereocenters. The van der Waals surface area contributed by atoms with Crippen molar-refractivity contribution in [2.24, 2.45) is 23.2 Å².